The van der Waals surface area contributed by atoms with Gasteiger partial charge >= 0.3 is 0 Å². The largest absolute Gasteiger partial charge is 0.306 e. The fourth-order valence-corrected chi connectivity index (χ4v) is 3.04. The molecule has 1 unspecified atom stereocenters. The Morgan fingerprint density at radius 3 is 2.61 bits per heavy atom. The molecule has 0 bridgehead atoms. The van der Waals surface area contributed by atoms with Gasteiger partial charge in [-0.05, 0) is 35.7 Å². The van der Waals surface area contributed by atoms with Crippen LogP contribution in [-0.4, -0.2) is 6.54 Å². The minimum atomic E-state index is -0.844. The number of halogens is 3. The zero-order valence-corrected chi connectivity index (χ0v) is 11.3. The summed E-state index contributed by atoms with van der Waals surface area (Å²) in [6.07, 6.45) is 0. The van der Waals surface area contributed by atoms with Gasteiger partial charge in [-0.25, -0.2) is 8.78 Å². The number of nitrogens with one attached hydrogen (secondary N) is 1. The summed E-state index contributed by atoms with van der Waals surface area (Å²) in [6.45, 7) is 2.66. The normalized spacial score (nSPS) is 12.7. The van der Waals surface area contributed by atoms with Crippen LogP contribution in [0, 0.1) is 11.6 Å². The lowest BCUT2D eigenvalue weighted by Gasteiger charge is -2.17. The molecule has 0 radical (unpaired) electrons. The Morgan fingerprint density at radius 2 is 2.06 bits per heavy atom. The third kappa shape index (κ3) is 2.71. The molecule has 2 aromatic rings. The molecule has 1 aromatic heterocycles. The smallest absolute Gasteiger partial charge is 0.159 e. The summed E-state index contributed by atoms with van der Waals surface area (Å²) in [5.74, 6) is -1.69. The minimum Gasteiger partial charge on any atom is -0.306 e. The Kier molecular flexibility index (Phi) is 4.32. The topological polar surface area (TPSA) is 12.0 Å². The Morgan fingerprint density at radius 1 is 1.28 bits per heavy atom. The first-order valence-electron chi connectivity index (χ1n) is 5.54. The summed E-state index contributed by atoms with van der Waals surface area (Å²) in [5.41, 5.74) is 0.667. The number of hydrogen-bond donors (Lipinski definition) is 1. The van der Waals surface area contributed by atoms with E-state index in [0.29, 0.717) is 17.1 Å². The van der Waals surface area contributed by atoms with Crippen LogP contribution in [-0.2, 0) is 0 Å². The highest BCUT2D eigenvalue weighted by molar-refractivity contribution is 7.10. The number of rotatable bonds is 4. The van der Waals surface area contributed by atoms with E-state index in [4.69, 9.17) is 11.6 Å². The average Bonchev–Trinajstić information content (AvgIpc) is 2.76. The van der Waals surface area contributed by atoms with E-state index < -0.39 is 11.6 Å². The van der Waals surface area contributed by atoms with Crippen molar-refractivity contribution in [3.05, 3.63) is 56.7 Å². The van der Waals surface area contributed by atoms with E-state index in [9.17, 15) is 8.78 Å². The summed E-state index contributed by atoms with van der Waals surface area (Å²) < 4.78 is 26.2. The summed E-state index contributed by atoms with van der Waals surface area (Å²) in [5, 5.41) is 5.74. The highest BCUT2D eigenvalue weighted by atomic mass is 35.5. The quantitative estimate of drug-likeness (QED) is 0.880. The average molecular weight is 288 g/mol. The zero-order valence-electron chi connectivity index (χ0n) is 9.71. The molecule has 1 atom stereocenters. The Balaban J connectivity index is 2.41. The minimum absolute atomic E-state index is 0.211. The molecule has 0 saturated heterocycles. The maximum Gasteiger partial charge on any atom is 0.159 e. The number of thiophene rings is 1. The highest BCUT2D eigenvalue weighted by Gasteiger charge is 2.18. The summed E-state index contributed by atoms with van der Waals surface area (Å²) in [4.78, 5) is 0.907. The molecule has 2 rings (SSSR count). The lowest BCUT2D eigenvalue weighted by Crippen LogP contribution is -2.21. The van der Waals surface area contributed by atoms with Crippen LogP contribution in [0.1, 0.15) is 23.4 Å². The second kappa shape index (κ2) is 5.78. The van der Waals surface area contributed by atoms with Gasteiger partial charge in [0.15, 0.2) is 11.6 Å². The van der Waals surface area contributed by atoms with Gasteiger partial charge in [-0.2, -0.15) is 0 Å². The van der Waals surface area contributed by atoms with Crippen LogP contribution in [0.3, 0.4) is 0 Å². The van der Waals surface area contributed by atoms with Crippen molar-refractivity contribution in [2.45, 2.75) is 13.0 Å². The molecule has 96 valence electrons. The van der Waals surface area contributed by atoms with E-state index in [1.807, 2.05) is 12.3 Å². The van der Waals surface area contributed by atoms with Crippen LogP contribution in [0.15, 0.2) is 29.6 Å². The van der Waals surface area contributed by atoms with Gasteiger partial charge in [0.1, 0.15) is 0 Å². The molecule has 0 aliphatic heterocycles. The Bertz CT molecular complexity index is 542. The second-order valence-electron chi connectivity index (χ2n) is 3.80. The van der Waals surface area contributed by atoms with Crippen LogP contribution in [0.4, 0.5) is 8.78 Å². The molecule has 1 aromatic carbocycles. The van der Waals surface area contributed by atoms with Gasteiger partial charge in [-0.1, -0.05) is 24.6 Å². The monoisotopic (exact) mass is 287 g/mol. The molecule has 0 amide bonds. The van der Waals surface area contributed by atoms with Crippen molar-refractivity contribution in [1.29, 1.82) is 0 Å². The van der Waals surface area contributed by atoms with E-state index in [0.717, 1.165) is 10.9 Å². The predicted molar refractivity (Wildman–Crippen MR) is 71.2 cm³/mol. The standard InChI is InChI=1S/C13H12ClF2NS/c1-2-17-12(13-9(14)5-6-18-13)8-3-4-10(15)11(16)7-8/h3-7,12,17H,2H2,1H3. The van der Waals surface area contributed by atoms with Gasteiger partial charge in [0.25, 0.3) is 0 Å². The van der Waals surface area contributed by atoms with Crippen molar-refractivity contribution in [3.8, 4) is 0 Å². The molecule has 0 spiro atoms. The fourth-order valence-electron chi connectivity index (χ4n) is 1.77. The lowest BCUT2D eigenvalue weighted by molar-refractivity contribution is 0.504. The first-order valence-corrected chi connectivity index (χ1v) is 6.80. The number of hydrogen-bond acceptors (Lipinski definition) is 2. The third-order valence-electron chi connectivity index (χ3n) is 2.59. The summed E-state index contributed by atoms with van der Waals surface area (Å²) in [6, 6.07) is 5.50. The van der Waals surface area contributed by atoms with Crippen LogP contribution in [0.2, 0.25) is 5.02 Å². The molecular weight excluding hydrogens is 276 g/mol. The van der Waals surface area contributed by atoms with Crippen LogP contribution in [0.25, 0.3) is 0 Å². The van der Waals surface area contributed by atoms with Crippen LogP contribution >= 0.6 is 22.9 Å². The molecule has 0 aliphatic carbocycles. The zero-order chi connectivity index (χ0) is 13.1. The maximum atomic E-state index is 13.3. The summed E-state index contributed by atoms with van der Waals surface area (Å²) in [7, 11) is 0. The second-order valence-corrected chi connectivity index (χ2v) is 5.15. The molecule has 1 heterocycles. The van der Waals surface area contributed by atoms with Crippen molar-refractivity contribution >= 4 is 22.9 Å². The molecule has 0 fully saturated rings. The van der Waals surface area contributed by atoms with Gasteiger partial charge in [0.2, 0.25) is 0 Å². The van der Waals surface area contributed by atoms with Crippen LogP contribution in [0.5, 0.6) is 0 Å². The Hall–Kier alpha value is -0.970. The van der Waals surface area contributed by atoms with E-state index >= 15 is 0 Å². The summed E-state index contributed by atoms with van der Waals surface area (Å²) >= 11 is 7.59. The van der Waals surface area contributed by atoms with E-state index in [1.54, 1.807) is 12.1 Å². The van der Waals surface area contributed by atoms with Gasteiger partial charge in [-0.15, -0.1) is 11.3 Å². The van der Waals surface area contributed by atoms with Gasteiger partial charge < -0.3 is 5.32 Å². The first-order chi connectivity index (χ1) is 8.63. The van der Waals surface area contributed by atoms with Gasteiger partial charge in [0.05, 0.1) is 11.1 Å². The fraction of sp³-hybridized carbons (Fsp3) is 0.231. The first kappa shape index (κ1) is 13.5. The van der Waals surface area contributed by atoms with Crippen molar-refractivity contribution in [3.63, 3.8) is 0 Å². The van der Waals surface area contributed by atoms with E-state index in [2.05, 4.69) is 5.32 Å². The van der Waals surface area contributed by atoms with Crippen molar-refractivity contribution in [2.24, 2.45) is 0 Å². The maximum absolute atomic E-state index is 13.3. The third-order valence-corrected chi connectivity index (χ3v) is 4.02. The molecule has 1 nitrogen and oxygen atoms in total. The van der Waals surface area contributed by atoms with Gasteiger partial charge in [-0.3, -0.25) is 0 Å². The number of benzene rings is 1. The van der Waals surface area contributed by atoms with Crippen molar-refractivity contribution in [2.75, 3.05) is 6.54 Å². The van der Waals surface area contributed by atoms with Crippen LogP contribution < -0.4 is 5.32 Å². The SMILES string of the molecule is CCNC(c1ccc(F)c(F)c1)c1sccc1Cl. The molecule has 1 N–H and O–H groups in total. The lowest BCUT2D eigenvalue weighted by atomic mass is 10.0. The van der Waals surface area contributed by atoms with E-state index in [1.165, 1.54) is 17.4 Å². The van der Waals surface area contributed by atoms with E-state index in [-0.39, 0.29) is 6.04 Å². The van der Waals surface area contributed by atoms with Crippen molar-refractivity contribution < 1.29 is 8.78 Å². The highest BCUT2D eigenvalue weighted by Crippen LogP contribution is 2.33. The van der Waals surface area contributed by atoms with Crippen molar-refractivity contribution in [1.82, 2.24) is 5.32 Å². The van der Waals surface area contributed by atoms with Gasteiger partial charge in [0, 0.05) is 4.88 Å². The molecule has 0 aliphatic rings. The molecule has 18 heavy (non-hydrogen) atoms. The molecule has 0 saturated carbocycles. The molecular formula is C13H12ClF2NS. The Labute approximate surface area is 113 Å². The molecule has 5 heteroatoms. The predicted octanol–water partition coefficient (Wildman–Crippen LogP) is 4.38.